The Bertz CT molecular complexity index is 792. The smallest absolute Gasteiger partial charge is 0.265 e. The summed E-state index contributed by atoms with van der Waals surface area (Å²) in [6.45, 7) is 1.73. The molecule has 4 rings (SSSR count). The molecule has 20 heavy (non-hydrogen) atoms. The number of hydrogen-bond donors (Lipinski definition) is 1. The third-order valence-corrected chi connectivity index (χ3v) is 4.07. The van der Waals surface area contributed by atoms with Crippen molar-refractivity contribution in [2.75, 3.05) is 5.32 Å². The molecule has 0 spiro atoms. The topological polar surface area (TPSA) is 55.6 Å². The van der Waals surface area contributed by atoms with Gasteiger partial charge < -0.3 is 10.1 Å². The second kappa shape index (κ2) is 4.08. The summed E-state index contributed by atoms with van der Waals surface area (Å²) in [4.78, 5) is 17.2. The van der Waals surface area contributed by atoms with Crippen molar-refractivity contribution >= 4 is 27.9 Å². The SMILES string of the molecule is C[C@@H]1Oc2ccc(-c3cn4ccsc4n3)cc2NC1=O. The van der Waals surface area contributed by atoms with Crippen LogP contribution in [0.15, 0.2) is 36.0 Å². The first-order valence-electron chi connectivity index (χ1n) is 6.25. The molecular formula is C14H11N3O2S. The van der Waals surface area contributed by atoms with Crippen LogP contribution >= 0.6 is 11.3 Å². The highest BCUT2D eigenvalue weighted by molar-refractivity contribution is 7.15. The first kappa shape index (κ1) is 11.5. The Hall–Kier alpha value is -2.34. The number of ether oxygens (including phenoxy) is 1. The van der Waals surface area contributed by atoms with Crippen LogP contribution in [0.2, 0.25) is 0 Å². The molecule has 0 saturated heterocycles. The van der Waals surface area contributed by atoms with E-state index < -0.39 is 6.10 Å². The van der Waals surface area contributed by atoms with Gasteiger partial charge in [0, 0.05) is 23.3 Å². The standard InChI is InChI=1S/C14H11N3O2S/c1-8-13(18)15-10-6-9(2-3-12(10)19-8)11-7-17-4-5-20-14(17)16-11/h2-8H,1H3,(H,15,18)/t8-/m0/s1. The largest absolute Gasteiger partial charge is 0.479 e. The summed E-state index contributed by atoms with van der Waals surface area (Å²) >= 11 is 1.59. The number of nitrogens with one attached hydrogen (secondary N) is 1. The number of nitrogens with zero attached hydrogens (tertiary/aromatic N) is 2. The maximum absolute atomic E-state index is 11.6. The second-order valence-electron chi connectivity index (χ2n) is 4.68. The number of fused-ring (bicyclic) bond motifs is 2. The number of aromatic nitrogens is 2. The fraction of sp³-hybridized carbons (Fsp3) is 0.143. The number of carbonyl (C=O) groups excluding carboxylic acids is 1. The van der Waals surface area contributed by atoms with Crippen LogP contribution in [0.25, 0.3) is 16.2 Å². The Kier molecular flexibility index (Phi) is 2.34. The highest BCUT2D eigenvalue weighted by Crippen LogP contribution is 2.34. The molecule has 2 aromatic heterocycles. The van der Waals surface area contributed by atoms with Crippen LogP contribution in [0, 0.1) is 0 Å². The molecule has 100 valence electrons. The first-order chi connectivity index (χ1) is 9.70. The van der Waals surface area contributed by atoms with Gasteiger partial charge in [0.25, 0.3) is 5.91 Å². The fourth-order valence-corrected chi connectivity index (χ4v) is 2.93. The van der Waals surface area contributed by atoms with E-state index in [9.17, 15) is 4.79 Å². The highest BCUT2D eigenvalue weighted by atomic mass is 32.1. The molecule has 0 unspecified atom stereocenters. The molecule has 1 amide bonds. The third kappa shape index (κ3) is 1.69. The first-order valence-corrected chi connectivity index (χ1v) is 7.13. The van der Waals surface area contributed by atoms with Crippen LogP contribution in [0.4, 0.5) is 5.69 Å². The van der Waals surface area contributed by atoms with E-state index in [4.69, 9.17) is 4.74 Å². The number of benzene rings is 1. The van der Waals surface area contributed by atoms with Crippen molar-refractivity contribution in [2.24, 2.45) is 0 Å². The van der Waals surface area contributed by atoms with E-state index in [2.05, 4.69) is 10.3 Å². The van der Waals surface area contributed by atoms with Gasteiger partial charge in [-0.2, -0.15) is 0 Å². The lowest BCUT2D eigenvalue weighted by Gasteiger charge is -2.23. The lowest BCUT2D eigenvalue weighted by molar-refractivity contribution is -0.122. The van der Waals surface area contributed by atoms with Gasteiger partial charge >= 0.3 is 0 Å². The van der Waals surface area contributed by atoms with Crippen LogP contribution < -0.4 is 10.1 Å². The molecule has 1 N–H and O–H groups in total. The van der Waals surface area contributed by atoms with E-state index in [-0.39, 0.29) is 5.91 Å². The average molecular weight is 285 g/mol. The Labute approximate surface area is 118 Å². The Morgan fingerprint density at radius 2 is 2.35 bits per heavy atom. The summed E-state index contributed by atoms with van der Waals surface area (Å²) < 4.78 is 7.53. The molecular weight excluding hydrogens is 274 g/mol. The zero-order valence-corrected chi connectivity index (χ0v) is 11.5. The molecule has 3 aromatic rings. The number of imidazole rings is 1. The molecule has 0 fully saturated rings. The molecule has 3 heterocycles. The number of hydrogen-bond acceptors (Lipinski definition) is 4. The Balaban J connectivity index is 1.78. The molecule has 1 aliphatic rings. The molecule has 1 aromatic carbocycles. The van der Waals surface area contributed by atoms with Crippen molar-refractivity contribution in [3.63, 3.8) is 0 Å². The van der Waals surface area contributed by atoms with E-state index in [1.54, 1.807) is 18.3 Å². The summed E-state index contributed by atoms with van der Waals surface area (Å²) in [5.74, 6) is 0.572. The zero-order valence-electron chi connectivity index (χ0n) is 10.7. The van der Waals surface area contributed by atoms with Gasteiger partial charge in [0.2, 0.25) is 0 Å². The maximum Gasteiger partial charge on any atom is 0.265 e. The van der Waals surface area contributed by atoms with Crippen LogP contribution in [0.5, 0.6) is 5.75 Å². The minimum atomic E-state index is -0.453. The van der Waals surface area contributed by atoms with Crippen molar-refractivity contribution in [1.82, 2.24) is 9.38 Å². The number of thiazole rings is 1. The van der Waals surface area contributed by atoms with Gasteiger partial charge in [0.1, 0.15) is 5.75 Å². The zero-order chi connectivity index (χ0) is 13.7. The van der Waals surface area contributed by atoms with Crippen LogP contribution in [-0.4, -0.2) is 21.4 Å². The van der Waals surface area contributed by atoms with Crippen LogP contribution in [0.1, 0.15) is 6.92 Å². The molecule has 1 aliphatic heterocycles. The molecule has 1 atom stereocenters. The molecule has 0 bridgehead atoms. The molecule has 6 heteroatoms. The summed E-state index contributed by atoms with van der Waals surface area (Å²) in [5.41, 5.74) is 2.53. The van der Waals surface area contributed by atoms with E-state index in [1.165, 1.54) is 0 Å². The summed E-state index contributed by atoms with van der Waals surface area (Å²) in [6.07, 6.45) is 3.50. The second-order valence-corrected chi connectivity index (χ2v) is 5.55. The van der Waals surface area contributed by atoms with E-state index in [0.717, 1.165) is 16.2 Å². The highest BCUT2D eigenvalue weighted by Gasteiger charge is 2.23. The van der Waals surface area contributed by atoms with Crippen molar-refractivity contribution in [2.45, 2.75) is 13.0 Å². The molecule has 0 radical (unpaired) electrons. The lowest BCUT2D eigenvalue weighted by atomic mass is 10.1. The van der Waals surface area contributed by atoms with E-state index >= 15 is 0 Å². The predicted octanol–water partition coefficient (Wildman–Crippen LogP) is 2.78. The number of rotatable bonds is 1. The number of carbonyl (C=O) groups is 1. The van der Waals surface area contributed by atoms with Crippen molar-refractivity contribution in [1.29, 1.82) is 0 Å². The minimum absolute atomic E-state index is 0.125. The van der Waals surface area contributed by atoms with Crippen molar-refractivity contribution in [3.05, 3.63) is 36.0 Å². The monoisotopic (exact) mass is 285 g/mol. The normalized spacial score (nSPS) is 17.6. The summed E-state index contributed by atoms with van der Waals surface area (Å²) in [7, 11) is 0. The van der Waals surface area contributed by atoms with Gasteiger partial charge in [0.15, 0.2) is 11.1 Å². The Morgan fingerprint density at radius 3 is 3.20 bits per heavy atom. The summed E-state index contributed by atoms with van der Waals surface area (Å²) in [5, 5.41) is 4.85. The van der Waals surface area contributed by atoms with Gasteiger partial charge in [0.05, 0.1) is 11.4 Å². The van der Waals surface area contributed by atoms with Crippen LogP contribution in [0.3, 0.4) is 0 Å². The molecule has 0 saturated carbocycles. The van der Waals surface area contributed by atoms with E-state index in [0.29, 0.717) is 11.4 Å². The van der Waals surface area contributed by atoms with Crippen molar-refractivity contribution in [3.8, 4) is 17.0 Å². The summed E-state index contributed by atoms with van der Waals surface area (Å²) in [6, 6.07) is 5.72. The predicted molar refractivity (Wildman–Crippen MR) is 77.2 cm³/mol. The van der Waals surface area contributed by atoms with Gasteiger partial charge in [-0.1, -0.05) is 0 Å². The third-order valence-electron chi connectivity index (χ3n) is 3.30. The van der Waals surface area contributed by atoms with Crippen molar-refractivity contribution < 1.29 is 9.53 Å². The number of amides is 1. The van der Waals surface area contributed by atoms with Gasteiger partial charge in [-0.15, -0.1) is 11.3 Å². The lowest BCUT2D eigenvalue weighted by Crippen LogP contribution is -2.34. The quantitative estimate of drug-likeness (QED) is 0.748. The Morgan fingerprint density at radius 1 is 1.45 bits per heavy atom. The van der Waals surface area contributed by atoms with Crippen LogP contribution in [-0.2, 0) is 4.79 Å². The average Bonchev–Trinajstić information content (AvgIpc) is 3.00. The molecule has 5 nitrogen and oxygen atoms in total. The minimum Gasteiger partial charge on any atom is -0.479 e. The van der Waals surface area contributed by atoms with Gasteiger partial charge in [-0.25, -0.2) is 4.98 Å². The molecule has 0 aliphatic carbocycles. The van der Waals surface area contributed by atoms with Gasteiger partial charge in [-0.05, 0) is 25.1 Å². The van der Waals surface area contributed by atoms with Gasteiger partial charge in [-0.3, -0.25) is 9.20 Å². The van der Waals surface area contributed by atoms with E-state index in [1.807, 2.05) is 40.4 Å². The fourth-order valence-electron chi connectivity index (χ4n) is 2.23. The number of anilines is 1. The maximum atomic E-state index is 11.6.